The standard InChI is InChI=1S/C18H17N3O5S/c1-11-6-5-8-14(12(11)2)19-18(24)20-16(22)10-21-17(23)13-7-3-4-9-15(13)27(21,25)26/h3-9H,10H2,1-2H3,(H2,19,20,22,24). The summed E-state index contributed by atoms with van der Waals surface area (Å²) in [7, 11) is -4.11. The Bertz CT molecular complexity index is 1060. The van der Waals surface area contributed by atoms with Crippen LogP contribution in [0.5, 0.6) is 0 Å². The van der Waals surface area contributed by atoms with Crippen molar-refractivity contribution in [1.82, 2.24) is 9.62 Å². The second-order valence-corrected chi connectivity index (χ2v) is 7.89. The van der Waals surface area contributed by atoms with E-state index in [2.05, 4.69) is 5.32 Å². The van der Waals surface area contributed by atoms with Gasteiger partial charge in [0.25, 0.3) is 15.9 Å². The molecule has 0 saturated heterocycles. The number of fused-ring (bicyclic) bond motifs is 1. The topological polar surface area (TPSA) is 113 Å². The molecule has 2 N–H and O–H groups in total. The minimum atomic E-state index is -4.11. The Kier molecular flexibility index (Phi) is 4.71. The first-order chi connectivity index (χ1) is 12.7. The highest BCUT2D eigenvalue weighted by molar-refractivity contribution is 7.90. The van der Waals surface area contributed by atoms with Gasteiger partial charge in [-0.15, -0.1) is 0 Å². The number of hydrogen-bond acceptors (Lipinski definition) is 5. The van der Waals surface area contributed by atoms with Gasteiger partial charge in [0.05, 0.1) is 5.56 Å². The van der Waals surface area contributed by atoms with E-state index in [1.165, 1.54) is 24.3 Å². The third-order valence-electron chi connectivity index (χ3n) is 4.31. The number of benzene rings is 2. The monoisotopic (exact) mass is 387 g/mol. The molecule has 0 atom stereocenters. The zero-order chi connectivity index (χ0) is 19.8. The van der Waals surface area contributed by atoms with Gasteiger partial charge in [0.2, 0.25) is 5.91 Å². The number of aryl methyl sites for hydroxylation is 1. The van der Waals surface area contributed by atoms with E-state index < -0.39 is 34.4 Å². The number of carbonyl (C=O) groups excluding carboxylic acids is 3. The molecule has 0 saturated carbocycles. The Morgan fingerprint density at radius 2 is 1.74 bits per heavy atom. The Hall–Kier alpha value is -3.20. The molecule has 3 rings (SSSR count). The fourth-order valence-corrected chi connectivity index (χ4v) is 4.25. The second kappa shape index (κ2) is 6.84. The lowest BCUT2D eigenvalue weighted by molar-refractivity contribution is -0.119. The summed E-state index contributed by atoms with van der Waals surface area (Å²) >= 11 is 0. The van der Waals surface area contributed by atoms with Crippen molar-refractivity contribution in [3.05, 3.63) is 59.2 Å². The first-order valence-electron chi connectivity index (χ1n) is 8.05. The molecule has 0 fully saturated rings. The third-order valence-corrected chi connectivity index (χ3v) is 6.09. The van der Waals surface area contributed by atoms with Crippen molar-refractivity contribution in [3.63, 3.8) is 0 Å². The average molecular weight is 387 g/mol. The molecule has 27 heavy (non-hydrogen) atoms. The number of urea groups is 1. The fraction of sp³-hybridized carbons (Fsp3) is 0.167. The summed E-state index contributed by atoms with van der Waals surface area (Å²) in [6.07, 6.45) is 0. The molecule has 2 aromatic rings. The smallest absolute Gasteiger partial charge is 0.307 e. The van der Waals surface area contributed by atoms with Crippen molar-refractivity contribution in [2.45, 2.75) is 18.7 Å². The van der Waals surface area contributed by atoms with Crippen molar-refractivity contribution in [2.75, 3.05) is 11.9 Å². The zero-order valence-electron chi connectivity index (χ0n) is 14.6. The zero-order valence-corrected chi connectivity index (χ0v) is 15.5. The van der Waals surface area contributed by atoms with Gasteiger partial charge in [-0.25, -0.2) is 17.5 Å². The molecule has 0 bridgehead atoms. The van der Waals surface area contributed by atoms with E-state index in [-0.39, 0.29) is 10.5 Å². The molecule has 1 aliphatic heterocycles. The summed E-state index contributed by atoms with van der Waals surface area (Å²) in [4.78, 5) is 36.3. The molecule has 1 aliphatic rings. The molecule has 9 heteroatoms. The van der Waals surface area contributed by atoms with Crippen LogP contribution in [0.2, 0.25) is 0 Å². The number of sulfonamides is 1. The molecule has 0 aliphatic carbocycles. The lowest BCUT2D eigenvalue weighted by Crippen LogP contribution is -2.43. The van der Waals surface area contributed by atoms with E-state index in [1.54, 1.807) is 12.1 Å². The molecule has 140 valence electrons. The predicted octanol–water partition coefficient (Wildman–Crippen LogP) is 1.80. The van der Waals surface area contributed by atoms with Gasteiger partial charge in [0.15, 0.2) is 0 Å². The quantitative estimate of drug-likeness (QED) is 0.834. The van der Waals surface area contributed by atoms with Crippen LogP contribution in [0.1, 0.15) is 21.5 Å². The number of rotatable bonds is 3. The van der Waals surface area contributed by atoms with Gasteiger partial charge in [0, 0.05) is 5.69 Å². The van der Waals surface area contributed by atoms with Crippen molar-refractivity contribution >= 4 is 33.6 Å². The van der Waals surface area contributed by atoms with Crippen LogP contribution in [0.25, 0.3) is 0 Å². The molecule has 8 nitrogen and oxygen atoms in total. The van der Waals surface area contributed by atoms with E-state index in [4.69, 9.17) is 0 Å². The Labute approximate surface area is 156 Å². The van der Waals surface area contributed by atoms with Gasteiger partial charge in [-0.1, -0.05) is 24.3 Å². The van der Waals surface area contributed by atoms with Crippen LogP contribution in [-0.2, 0) is 14.8 Å². The number of nitrogens with one attached hydrogen (secondary N) is 2. The van der Waals surface area contributed by atoms with Crippen molar-refractivity contribution in [1.29, 1.82) is 0 Å². The number of amides is 4. The van der Waals surface area contributed by atoms with E-state index in [0.29, 0.717) is 9.99 Å². The normalized spacial score (nSPS) is 14.6. The maximum atomic E-state index is 12.4. The highest BCUT2D eigenvalue weighted by Crippen LogP contribution is 2.29. The molecule has 0 spiro atoms. The number of anilines is 1. The van der Waals surface area contributed by atoms with Crippen LogP contribution >= 0.6 is 0 Å². The number of carbonyl (C=O) groups is 3. The Morgan fingerprint density at radius 1 is 1.04 bits per heavy atom. The highest BCUT2D eigenvalue weighted by Gasteiger charge is 2.41. The molecular formula is C18H17N3O5S. The summed E-state index contributed by atoms with van der Waals surface area (Å²) in [5, 5.41) is 4.57. The molecule has 0 unspecified atom stereocenters. The molecule has 0 radical (unpaired) electrons. The van der Waals surface area contributed by atoms with Crippen LogP contribution in [0, 0.1) is 13.8 Å². The van der Waals surface area contributed by atoms with E-state index in [0.717, 1.165) is 11.1 Å². The Balaban J connectivity index is 1.69. The van der Waals surface area contributed by atoms with E-state index in [1.807, 2.05) is 25.2 Å². The Morgan fingerprint density at radius 3 is 2.44 bits per heavy atom. The lowest BCUT2D eigenvalue weighted by Gasteiger charge is -2.15. The van der Waals surface area contributed by atoms with Crippen LogP contribution in [0.15, 0.2) is 47.4 Å². The first kappa shape index (κ1) is 18.6. The molecule has 2 aromatic carbocycles. The van der Waals surface area contributed by atoms with Crippen LogP contribution < -0.4 is 10.6 Å². The van der Waals surface area contributed by atoms with E-state index >= 15 is 0 Å². The highest BCUT2D eigenvalue weighted by atomic mass is 32.2. The fourth-order valence-electron chi connectivity index (χ4n) is 2.72. The van der Waals surface area contributed by atoms with E-state index in [9.17, 15) is 22.8 Å². The van der Waals surface area contributed by atoms with Gasteiger partial charge in [0.1, 0.15) is 11.4 Å². The van der Waals surface area contributed by atoms with Crippen molar-refractivity contribution < 1.29 is 22.8 Å². The van der Waals surface area contributed by atoms with Crippen LogP contribution in [0.3, 0.4) is 0 Å². The maximum absolute atomic E-state index is 12.4. The molecule has 1 heterocycles. The summed E-state index contributed by atoms with van der Waals surface area (Å²) in [6.45, 7) is 2.92. The summed E-state index contributed by atoms with van der Waals surface area (Å²) < 4.78 is 25.3. The van der Waals surface area contributed by atoms with Gasteiger partial charge < -0.3 is 5.32 Å². The van der Waals surface area contributed by atoms with Crippen molar-refractivity contribution in [3.8, 4) is 0 Å². The maximum Gasteiger partial charge on any atom is 0.325 e. The summed E-state index contributed by atoms with van der Waals surface area (Å²) in [5.41, 5.74) is 2.33. The molecular weight excluding hydrogens is 370 g/mol. The number of hydrogen-bond donors (Lipinski definition) is 2. The first-order valence-corrected chi connectivity index (χ1v) is 9.49. The summed E-state index contributed by atoms with van der Waals surface area (Å²) in [5.74, 6) is -1.71. The summed E-state index contributed by atoms with van der Waals surface area (Å²) in [6, 6.07) is 10.2. The number of imide groups is 1. The molecule has 4 amide bonds. The van der Waals surface area contributed by atoms with Gasteiger partial charge in [-0.3, -0.25) is 14.9 Å². The molecule has 0 aromatic heterocycles. The minimum absolute atomic E-state index is 0.00476. The SMILES string of the molecule is Cc1cccc(NC(=O)NC(=O)CN2C(=O)c3ccccc3S2(=O)=O)c1C. The second-order valence-electron chi connectivity index (χ2n) is 6.06. The van der Waals surface area contributed by atoms with Crippen LogP contribution in [0.4, 0.5) is 10.5 Å². The van der Waals surface area contributed by atoms with Gasteiger partial charge >= 0.3 is 6.03 Å². The average Bonchev–Trinajstić information content (AvgIpc) is 2.80. The van der Waals surface area contributed by atoms with Crippen LogP contribution in [-0.4, -0.2) is 37.1 Å². The minimum Gasteiger partial charge on any atom is -0.307 e. The lowest BCUT2D eigenvalue weighted by atomic mass is 10.1. The number of nitrogens with zero attached hydrogens (tertiary/aromatic N) is 1. The third kappa shape index (κ3) is 3.41. The van der Waals surface area contributed by atoms with Gasteiger partial charge in [-0.05, 0) is 43.2 Å². The predicted molar refractivity (Wildman–Crippen MR) is 97.7 cm³/mol. The largest absolute Gasteiger partial charge is 0.325 e. The van der Waals surface area contributed by atoms with Crippen molar-refractivity contribution in [2.24, 2.45) is 0 Å². The van der Waals surface area contributed by atoms with Gasteiger partial charge in [-0.2, -0.15) is 0 Å².